The molecule has 0 bridgehead atoms. The van der Waals surface area contributed by atoms with E-state index in [1.165, 1.54) is 6.42 Å². The maximum Gasteiger partial charge on any atom is 0.0639 e. The molecule has 3 atom stereocenters. The van der Waals surface area contributed by atoms with Crippen molar-refractivity contribution in [3.8, 4) is 0 Å². The summed E-state index contributed by atoms with van der Waals surface area (Å²) in [6, 6.07) is 0.486. The van der Waals surface area contributed by atoms with Gasteiger partial charge in [0.05, 0.1) is 6.10 Å². The number of aliphatic hydroxyl groups is 1. The predicted molar refractivity (Wildman–Crippen MR) is 49.9 cm³/mol. The van der Waals surface area contributed by atoms with E-state index >= 15 is 0 Å². The van der Waals surface area contributed by atoms with Crippen LogP contribution in [0.15, 0.2) is 0 Å². The monoisotopic (exact) mass is 172 g/mol. The molecule has 1 aliphatic rings. The van der Waals surface area contributed by atoms with E-state index in [0.717, 1.165) is 13.1 Å². The second kappa shape index (κ2) is 4.21. The minimum atomic E-state index is -0.232. The smallest absolute Gasteiger partial charge is 0.0639 e. The summed E-state index contributed by atoms with van der Waals surface area (Å²) in [5.74, 6) is 0.689. The molecule has 1 fully saturated rings. The zero-order chi connectivity index (χ0) is 9.14. The third-order valence-electron chi connectivity index (χ3n) is 2.74. The van der Waals surface area contributed by atoms with E-state index in [1.54, 1.807) is 0 Å². The first-order valence-corrected chi connectivity index (χ1v) is 4.77. The predicted octanol–water partition coefficient (Wildman–Crippen LogP) is 0.0363. The van der Waals surface area contributed by atoms with Gasteiger partial charge in [-0.15, -0.1) is 0 Å². The van der Waals surface area contributed by atoms with Crippen LogP contribution in [-0.2, 0) is 0 Å². The van der Waals surface area contributed by atoms with Gasteiger partial charge >= 0.3 is 0 Å². The molecule has 1 aliphatic heterocycles. The molecular weight excluding hydrogens is 152 g/mol. The van der Waals surface area contributed by atoms with Gasteiger partial charge in [0, 0.05) is 19.1 Å². The lowest BCUT2D eigenvalue weighted by Gasteiger charge is -2.26. The van der Waals surface area contributed by atoms with E-state index in [1.807, 2.05) is 6.92 Å². The zero-order valence-corrected chi connectivity index (χ0v) is 8.03. The number of nitrogens with two attached hydrogens (primary N) is 1. The fourth-order valence-electron chi connectivity index (χ4n) is 2.04. The molecule has 0 spiro atoms. The minimum absolute atomic E-state index is 0.232. The van der Waals surface area contributed by atoms with Crippen molar-refractivity contribution in [2.75, 3.05) is 19.6 Å². The second-order valence-electron chi connectivity index (χ2n) is 3.91. The molecule has 0 aromatic rings. The number of β-amino-alcohol motifs (C(OH)–C–C–N with tert-alkyl or cyclic N) is 1. The Labute approximate surface area is 74.5 Å². The molecule has 0 saturated carbocycles. The summed E-state index contributed by atoms with van der Waals surface area (Å²) >= 11 is 0. The van der Waals surface area contributed by atoms with Crippen molar-refractivity contribution < 1.29 is 5.11 Å². The van der Waals surface area contributed by atoms with Gasteiger partial charge in [-0.05, 0) is 25.8 Å². The fraction of sp³-hybridized carbons (Fsp3) is 1.00. The Morgan fingerprint density at radius 1 is 1.67 bits per heavy atom. The summed E-state index contributed by atoms with van der Waals surface area (Å²) < 4.78 is 0. The Bertz CT molecular complexity index is 138. The van der Waals surface area contributed by atoms with Gasteiger partial charge < -0.3 is 10.8 Å². The van der Waals surface area contributed by atoms with Gasteiger partial charge in [-0.3, -0.25) is 4.90 Å². The summed E-state index contributed by atoms with van der Waals surface area (Å²) in [5, 5.41) is 9.23. The average Bonchev–Trinajstić information content (AvgIpc) is 2.30. The summed E-state index contributed by atoms with van der Waals surface area (Å²) in [7, 11) is 0. The molecule has 72 valence electrons. The SMILES string of the molecule is CC(O)CN1CCC(C)C1CN. The Morgan fingerprint density at radius 2 is 2.33 bits per heavy atom. The summed E-state index contributed by atoms with van der Waals surface area (Å²) in [6.45, 7) is 6.64. The van der Waals surface area contributed by atoms with Gasteiger partial charge in [-0.2, -0.15) is 0 Å². The summed E-state index contributed by atoms with van der Waals surface area (Å²) in [4.78, 5) is 2.30. The van der Waals surface area contributed by atoms with Crippen LogP contribution in [0.1, 0.15) is 20.3 Å². The molecule has 1 saturated heterocycles. The highest BCUT2D eigenvalue weighted by molar-refractivity contribution is 4.85. The van der Waals surface area contributed by atoms with Crippen LogP contribution in [0.3, 0.4) is 0 Å². The molecule has 12 heavy (non-hydrogen) atoms. The van der Waals surface area contributed by atoms with Crippen molar-refractivity contribution in [1.82, 2.24) is 4.90 Å². The summed E-state index contributed by atoms with van der Waals surface area (Å²) in [5.41, 5.74) is 5.67. The maximum absolute atomic E-state index is 9.23. The van der Waals surface area contributed by atoms with Crippen molar-refractivity contribution in [1.29, 1.82) is 0 Å². The van der Waals surface area contributed by atoms with Crippen LogP contribution in [0, 0.1) is 5.92 Å². The van der Waals surface area contributed by atoms with Gasteiger partial charge in [0.1, 0.15) is 0 Å². The van der Waals surface area contributed by atoms with E-state index in [9.17, 15) is 5.11 Å². The van der Waals surface area contributed by atoms with E-state index in [2.05, 4.69) is 11.8 Å². The molecule has 0 amide bonds. The lowest BCUT2D eigenvalue weighted by molar-refractivity contribution is 0.115. The van der Waals surface area contributed by atoms with Gasteiger partial charge in [-0.1, -0.05) is 6.92 Å². The molecule has 3 nitrogen and oxygen atoms in total. The van der Waals surface area contributed by atoms with Crippen LogP contribution < -0.4 is 5.73 Å². The molecule has 3 unspecified atom stereocenters. The van der Waals surface area contributed by atoms with Crippen molar-refractivity contribution in [2.24, 2.45) is 11.7 Å². The molecule has 0 aromatic heterocycles. The van der Waals surface area contributed by atoms with Gasteiger partial charge in [0.25, 0.3) is 0 Å². The molecule has 0 aliphatic carbocycles. The lowest BCUT2D eigenvalue weighted by atomic mass is 10.0. The van der Waals surface area contributed by atoms with Crippen molar-refractivity contribution in [3.63, 3.8) is 0 Å². The number of hydrogen-bond acceptors (Lipinski definition) is 3. The van der Waals surface area contributed by atoms with Gasteiger partial charge in [-0.25, -0.2) is 0 Å². The number of hydrogen-bond donors (Lipinski definition) is 2. The van der Waals surface area contributed by atoms with E-state index < -0.39 is 0 Å². The lowest BCUT2D eigenvalue weighted by Crippen LogP contribution is -2.41. The highest BCUT2D eigenvalue weighted by Crippen LogP contribution is 2.22. The molecular formula is C9H20N2O. The topological polar surface area (TPSA) is 49.5 Å². The minimum Gasteiger partial charge on any atom is -0.392 e. The molecule has 3 heteroatoms. The van der Waals surface area contributed by atoms with Crippen molar-refractivity contribution in [2.45, 2.75) is 32.4 Å². The van der Waals surface area contributed by atoms with Crippen LogP contribution in [0.5, 0.6) is 0 Å². The van der Waals surface area contributed by atoms with Crippen molar-refractivity contribution in [3.05, 3.63) is 0 Å². The van der Waals surface area contributed by atoms with Gasteiger partial charge in [0.15, 0.2) is 0 Å². The summed E-state index contributed by atoms with van der Waals surface area (Å²) in [6.07, 6.45) is 0.985. The molecule has 0 aromatic carbocycles. The first-order valence-electron chi connectivity index (χ1n) is 4.77. The molecule has 0 radical (unpaired) electrons. The third-order valence-corrected chi connectivity index (χ3v) is 2.74. The maximum atomic E-state index is 9.23. The number of nitrogens with zero attached hydrogens (tertiary/aromatic N) is 1. The molecule has 1 rings (SSSR count). The Hall–Kier alpha value is -0.120. The van der Waals surface area contributed by atoms with E-state index in [0.29, 0.717) is 18.5 Å². The highest BCUT2D eigenvalue weighted by Gasteiger charge is 2.29. The number of aliphatic hydroxyl groups excluding tert-OH is 1. The second-order valence-corrected chi connectivity index (χ2v) is 3.91. The van der Waals surface area contributed by atoms with Crippen LogP contribution in [0.4, 0.5) is 0 Å². The average molecular weight is 172 g/mol. The van der Waals surface area contributed by atoms with Crippen LogP contribution in [-0.4, -0.2) is 41.8 Å². The largest absolute Gasteiger partial charge is 0.392 e. The fourth-order valence-corrected chi connectivity index (χ4v) is 2.04. The Morgan fingerprint density at radius 3 is 2.83 bits per heavy atom. The Kier molecular flexibility index (Phi) is 3.50. The zero-order valence-electron chi connectivity index (χ0n) is 8.03. The first-order chi connectivity index (χ1) is 5.65. The number of likely N-dealkylation sites (tertiary alicyclic amines) is 1. The quantitative estimate of drug-likeness (QED) is 0.632. The normalized spacial score (nSPS) is 34.0. The van der Waals surface area contributed by atoms with E-state index in [-0.39, 0.29) is 6.10 Å². The molecule has 3 N–H and O–H groups in total. The van der Waals surface area contributed by atoms with Crippen LogP contribution >= 0.6 is 0 Å². The number of rotatable bonds is 3. The molecule has 1 heterocycles. The van der Waals surface area contributed by atoms with Crippen LogP contribution in [0.25, 0.3) is 0 Å². The highest BCUT2D eigenvalue weighted by atomic mass is 16.3. The Balaban J connectivity index is 2.43. The van der Waals surface area contributed by atoms with Crippen LogP contribution in [0.2, 0.25) is 0 Å². The van der Waals surface area contributed by atoms with Gasteiger partial charge in [0.2, 0.25) is 0 Å². The van der Waals surface area contributed by atoms with E-state index in [4.69, 9.17) is 5.73 Å². The first kappa shape index (κ1) is 9.96. The third kappa shape index (κ3) is 2.19. The van der Waals surface area contributed by atoms with Crippen molar-refractivity contribution >= 4 is 0 Å². The standard InChI is InChI=1S/C9H20N2O/c1-7-3-4-11(6-8(2)12)9(7)5-10/h7-9,12H,3-6,10H2,1-2H3.